The molecule has 0 radical (unpaired) electrons. The molecular weight excluding hydrogens is 846 g/mol. The summed E-state index contributed by atoms with van der Waals surface area (Å²) in [4.78, 5) is 41.8. The molecular formula is C36H34Br3N9O3. The van der Waals surface area contributed by atoms with Gasteiger partial charge in [0.2, 0.25) is 0 Å². The number of aromatic nitrogens is 6. The topological polar surface area (TPSA) is 151 Å². The van der Waals surface area contributed by atoms with Crippen molar-refractivity contribution in [1.82, 2.24) is 39.4 Å². The molecule has 2 aliphatic rings. The molecule has 2 amide bonds. The standard InChI is InChI=1S/C20H22BrN5O2.C16H12Br2N4O/c1-20(2,28)11-23-17-18-22-9-15(26(18)10-16(21)25-17)12-3-5-13(6-4-12)19(27)24-14-7-8-14;17-13-8-22-12(7-19-15(22)14(18)21-13)9-1-3-10(4-2-9)16(23)20-11-5-6-11/h3-6,9-10,14,28H,7-8,11H2,1-2H3,(H,23,25)(H,24,27);1-4,7-8,11H,5-6H2,(H,20,23). The van der Waals surface area contributed by atoms with Gasteiger partial charge < -0.3 is 21.1 Å². The normalized spacial score (nSPS) is 14.2. The Bertz CT molecular complexity index is 2240. The van der Waals surface area contributed by atoms with Gasteiger partial charge in [-0.05, 0) is 112 Å². The zero-order valence-electron chi connectivity index (χ0n) is 27.7. The second-order valence-electron chi connectivity index (χ2n) is 13.3. The summed E-state index contributed by atoms with van der Waals surface area (Å²) in [7, 11) is 0. The highest BCUT2D eigenvalue weighted by atomic mass is 79.9. The van der Waals surface area contributed by atoms with E-state index in [9.17, 15) is 14.7 Å². The van der Waals surface area contributed by atoms with Crippen LogP contribution in [0.1, 0.15) is 60.2 Å². The van der Waals surface area contributed by atoms with Crippen LogP contribution in [0.25, 0.3) is 33.8 Å². The molecule has 6 aromatic rings. The lowest BCUT2D eigenvalue weighted by Gasteiger charge is -2.18. The van der Waals surface area contributed by atoms with Crippen LogP contribution in [0.15, 0.2) is 87.1 Å². The average molecular weight is 880 g/mol. The smallest absolute Gasteiger partial charge is 0.251 e. The summed E-state index contributed by atoms with van der Waals surface area (Å²) in [5.41, 5.74) is 5.65. The van der Waals surface area contributed by atoms with E-state index in [1.807, 2.05) is 69.7 Å². The van der Waals surface area contributed by atoms with Crippen LogP contribution in [0.4, 0.5) is 5.82 Å². The van der Waals surface area contributed by atoms with E-state index in [1.54, 1.807) is 26.2 Å². The molecule has 4 N–H and O–H groups in total. The maximum absolute atomic E-state index is 12.2. The van der Waals surface area contributed by atoms with Gasteiger partial charge >= 0.3 is 0 Å². The molecule has 0 aliphatic heterocycles. The number of hydrogen-bond donors (Lipinski definition) is 4. The molecule has 4 heterocycles. The van der Waals surface area contributed by atoms with Crippen molar-refractivity contribution in [3.8, 4) is 22.5 Å². The van der Waals surface area contributed by atoms with Gasteiger partial charge in [-0.25, -0.2) is 19.9 Å². The molecule has 2 aromatic carbocycles. The van der Waals surface area contributed by atoms with E-state index in [1.165, 1.54) is 0 Å². The van der Waals surface area contributed by atoms with E-state index < -0.39 is 5.60 Å². The van der Waals surface area contributed by atoms with Crippen molar-refractivity contribution in [1.29, 1.82) is 0 Å². The van der Waals surface area contributed by atoms with Gasteiger partial charge in [0, 0.05) is 53.3 Å². The minimum Gasteiger partial charge on any atom is -0.389 e. The fraction of sp³-hybridized carbons (Fsp3) is 0.278. The number of hydrogen-bond acceptors (Lipinski definition) is 8. The summed E-state index contributed by atoms with van der Waals surface area (Å²) in [6.45, 7) is 3.80. The average Bonchev–Trinajstić information content (AvgIpc) is 4.01. The first-order valence-electron chi connectivity index (χ1n) is 16.4. The van der Waals surface area contributed by atoms with E-state index in [0.29, 0.717) is 50.4 Å². The maximum Gasteiger partial charge on any atom is 0.251 e. The number of anilines is 1. The lowest BCUT2D eigenvalue weighted by molar-refractivity contribution is 0.0939. The molecule has 2 fully saturated rings. The predicted octanol–water partition coefficient (Wildman–Crippen LogP) is 7.05. The monoisotopic (exact) mass is 877 g/mol. The van der Waals surface area contributed by atoms with E-state index in [2.05, 4.69) is 83.7 Å². The molecule has 262 valence electrons. The van der Waals surface area contributed by atoms with Gasteiger partial charge in [-0.15, -0.1) is 0 Å². The highest BCUT2D eigenvalue weighted by molar-refractivity contribution is 9.11. The summed E-state index contributed by atoms with van der Waals surface area (Å²) >= 11 is 10.2. The van der Waals surface area contributed by atoms with Gasteiger partial charge in [0.1, 0.15) is 9.21 Å². The number of nitrogens with one attached hydrogen (secondary N) is 3. The highest BCUT2D eigenvalue weighted by Crippen LogP contribution is 2.28. The van der Waals surface area contributed by atoms with E-state index in [4.69, 9.17) is 0 Å². The Morgan fingerprint density at radius 3 is 1.67 bits per heavy atom. The first-order chi connectivity index (χ1) is 24.4. The number of halogens is 3. The van der Waals surface area contributed by atoms with Crippen LogP contribution in [-0.4, -0.2) is 69.9 Å². The summed E-state index contributed by atoms with van der Waals surface area (Å²) in [6.07, 6.45) is 11.6. The molecule has 0 saturated heterocycles. The molecule has 0 bridgehead atoms. The van der Waals surface area contributed by atoms with Crippen molar-refractivity contribution >= 4 is 76.7 Å². The number of imidazole rings is 2. The Hall–Kier alpha value is -4.18. The van der Waals surface area contributed by atoms with Gasteiger partial charge in [0.15, 0.2) is 21.7 Å². The highest BCUT2D eigenvalue weighted by Gasteiger charge is 2.25. The second kappa shape index (κ2) is 14.4. The fourth-order valence-electron chi connectivity index (χ4n) is 5.31. The quantitative estimate of drug-likeness (QED) is 0.121. The summed E-state index contributed by atoms with van der Waals surface area (Å²) in [6, 6.07) is 15.8. The maximum atomic E-state index is 12.2. The third-order valence-electron chi connectivity index (χ3n) is 8.28. The first kappa shape index (κ1) is 35.2. The fourth-order valence-corrected chi connectivity index (χ4v) is 6.79. The Morgan fingerprint density at radius 1 is 0.745 bits per heavy atom. The number of fused-ring (bicyclic) bond motifs is 2. The third-order valence-corrected chi connectivity index (χ3v) is 9.58. The molecule has 0 spiro atoms. The molecule has 2 aliphatic carbocycles. The van der Waals surface area contributed by atoms with Crippen molar-refractivity contribution < 1.29 is 14.7 Å². The Balaban J connectivity index is 0.000000162. The van der Waals surface area contributed by atoms with Crippen LogP contribution < -0.4 is 16.0 Å². The van der Waals surface area contributed by atoms with Crippen LogP contribution in [0, 0.1) is 0 Å². The molecule has 8 rings (SSSR count). The molecule has 0 unspecified atom stereocenters. The predicted molar refractivity (Wildman–Crippen MR) is 206 cm³/mol. The van der Waals surface area contributed by atoms with Crippen molar-refractivity contribution in [3.05, 3.63) is 98.3 Å². The number of nitrogens with zero attached hydrogens (tertiary/aromatic N) is 6. The Morgan fingerprint density at radius 2 is 1.20 bits per heavy atom. The van der Waals surface area contributed by atoms with Crippen LogP contribution in [0.3, 0.4) is 0 Å². The number of rotatable bonds is 9. The van der Waals surface area contributed by atoms with Gasteiger partial charge in [-0.1, -0.05) is 24.3 Å². The van der Waals surface area contributed by atoms with Crippen LogP contribution in [-0.2, 0) is 0 Å². The van der Waals surface area contributed by atoms with Gasteiger partial charge in [-0.2, -0.15) is 0 Å². The summed E-state index contributed by atoms with van der Waals surface area (Å²) in [5.74, 6) is 0.548. The van der Waals surface area contributed by atoms with Crippen molar-refractivity contribution in [2.24, 2.45) is 0 Å². The van der Waals surface area contributed by atoms with E-state index in [-0.39, 0.29) is 11.8 Å². The van der Waals surface area contributed by atoms with Crippen LogP contribution in [0.5, 0.6) is 0 Å². The number of aliphatic hydroxyl groups is 1. The van der Waals surface area contributed by atoms with Crippen molar-refractivity contribution in [2.45, 2.75) is 57.2 Å². The zero-order chi connectivity index (χ0) is 35.9. The van der Waals surface area contributed by atoms with Crippen molar-refractivity contribution in [2.75, 3.05) is 11.9 Å². The Kier molecular flexibility index (Phi) is 9.98. The lowest BCUT2D eigenvalue weighted by atomic mass is 10.1. The van der Waals surface area contributed by atoms with Gasteiger partial charge in [-0.3, -0.25) is 18.4 Å². The molecule has 15 heteroatoms. The van der Waals surface area contributed by atoms with Crippen LogP contribution >= 0.6 is 47.8 Å². The SMILES string of the molecule is CC(C)(O)CNc1nc(Br)cn2c(-c3ccc(C(=O)NC4CC4)cc3)cnc12.O=C(NC1CC1)c1ccc(-c2cnc3c(Br)nc(Br)cn23)cc1. The number of carbonyl (C=O) groups excluding carboxylic acids is 2. The van der Waals surface area contributed by atoms with E-state index in [0.717, 1.165) is 58.4 Å². The Labute approximate surface area is 318 Å². The minimum atomic E-state index is -0.868. The molecule has 2 saturated carbocycles. The second-order valence-corrected chi connectivity index (χ2v) is 15.6. The lowest BCUT2D eigenvalue weighted by Crippen LogP contribution is -2.29. The molecule has 51 heavy (non-hydrogen) atoms. The zero-order valence-corrected chi connectivity index (χ0v) is 32.5. The third kappa shape index (κ3) is 8.49. The number of benzene rings is 2. The molecule has 12 nitrogen and oxygen atoms in total. The van der Waals surface area contributed by atoms with Crippen molar-refractivity contribution in [3.63, 3.8) is 0 Å². The first-order valence-corrected chi connectivity index (χ1v) is 18.8. The molecule has 4 aromatic heterocycles. The largest absolute Gasteiger partial charge is 0.389 e. The van der Waals surface area contributed by atoms with Gasteiger partial charge in [0.05, 0.1) is 29.4 Å². The van der Waals surface area contributed by atoms with E-state index >= 15 is 0 Å². The number of amides is 2. The summed E-state index contributed by atoms with van der Waals surface area (Å²) in [5, 5.41) is 19.1. The number of carbonyl (C=O) groups is 2. The summed E-state index contributed by atoms with van der Waals surface area (Å²) < 4.78 is 5.94. The molecule has 0 atom stereocenters. The minimum absolute atomic E-state index is 0.00752. The van der Waals surface area contributed by atoms with Gasteiger partial charge in [0.25, 0.3) is 11.8 Å². The van der Waals surface area contributed by atoms with Crippen LogP contribution in [0.2, 0.25) is 0 Å².